The van der Waals surface area contributed by atoms with Gasteiger partial charge in [-0.2, -0.15) is 5.10 Å². The fourth-order valence-electron chi connectivity index (χ4n) is 3.08. The van der Waals surface area contributed by atoms with E-state index in [2.05, 4.69) is 50.4 Å². The number of rotatable bonds is 6. The van der Waals surface area contributed by atoms with Crippen molar-refractivity contribution in [1.29, 1.82) is 0 Å². The first-order chi connectivity index (χ1) is 13.1. The number of benzene rings is 1. The zero-order valence-electron chi connectivity index (χ0n) is 17.4. The quantitative estimate of drug-likeness (QED) is 0.792. The lowest BCUT2D eigenvalue weighted by Crippen LogP contribution is -2.27. The molecule has 1 aliphatic rings. The molecular weight excluding hydrogens is 352 g/mol. The molecule has 1 aliphatic carbocycles. The molecule has 1 fully saturated rings. The summed E-state index contributed by atoms with van der Waals surface area (Å²) in [5, 5.41) is 10.4. The van der Waals surface area contributed by atoms with Crippen molar-refractivity contribution in [3.63, 3.8) is 0 Å². The molecular formula is C22H30N4O2. The Morgan fingerprint density at radius 2 is 1.93 bits per heavy atom. The van der Waals surface area contributed by atoms with Gasteiger partial charge in [-0.15, -0.1) is 0 Å². The smallest absolute Gasteiger partial charge is 0.272 e. The lowest BCUT2D eigenvalue weighted by atomic mass is 10.1. The van der Waals surface area contributed by atoms with Gasteiger partial charge in [0.15, 0.2) is 0 Å². The zero-order valence-corrected chi connectivity index (χ0v) is 17.4. The highest BCUT2D eigenvalue weighted by atomic mass is 16.2. The van der Waals surface area contributed by atoms with Crippen LogP contribution in [-0.2, 0) is 16.9 Å². The Bertz CT molecular complexity index is 873. The van der Waals surface area contributed by atoms with Crippen LogP contribution in [0.2, 0.25) is 0 Å². The third-order valence-corrected chi connectivity index (χ3v) is 4.79. The van der Waals surface area contributed by atoms with E-state index < -0.39 is 0 Å². The first-order valence-electron chi connectivity index (χ1n) is 9.93. The third kappa shape index (κ3) is 4.80. The van der Waals surface area contributed by atoms with E-state index in [1.165, 1.54) is 0 Å². The monoisotopic (exact) mass is 382 g/mol. The molecule has 0 unspecified atom stereocenters. The summed E-state index contributed by atoms with van der Waals surface area (Å²) in [5.74, 6) is 0.323. The van der Waals surface area contributed by atoms with E-state index in [9.17, 15) is 9.59 Å². The first-order valence-corrected chi connectivity index (χ1v) is 9.93. The fraction of sp³-hybridized carbons (Fsp3) is 0.500. The molecule has 1 saturated carbocycles. The number of carbonyl (C=O) groups excluding carboxylic acids is 2. The van der Waals surface area contributed by atoms with E-state index in [-0.39, 0.29) is 29.2 Å². The van der Waals surface area contributed by atoms with Gasteiger partial charge < -0.3 is 10.6 Å². The number of hydrogen-bond donors (Lipinski definition) is 2. The molecule has 0 aliphatic heterocycles. The topological polar surface area (TPSA) is 76.0 Å². The van der Waals surface area contributed by atoms with Crippen molar-refractivity contribution in [1.82, 2.24) is 15.1 Å². The number of anilines is 1. The maximum Gasteiger partial charge on any atom is 0.272 e. The van der Waals surface area contributed by atoms with Crippen LogP contribution in [0.25, 0.3) is 0 Å². The number of amides is 2. The summed E-state index contributed by atoms with van der Waals surface area (Å²) in [4.78, 5) is 24.6. The molecule has 2 amide bonds. The molecule has 1 aromatic carbocycles. The van der Waals surface area contributed by atoms with E-state index in [1.54, 1.807) is 0 Å². The van der Waals surface area contributed by atoms with Gasteiger partial charge in [-0.25, -0.2) is 0 Å². The summed E-state index contributed by atoms with van der Waals surface area (Å²) in [7, 11) is 0. The van der Waals surface area contributed by atoms with Crippen LogP contribution in [0.1, 0.15) is 75.1 Å². The lowest BCUT2D eigenvalue weighted by Gasteiger charge is -2.23. The summed E-state index contributed by atoms with van der Waals surface area (Å²) in [6.45, 7) is 10.8. The maximum absolute atomic E-state index is 12.6. The molecule has 2 N–H and O–H groups in total. The summed E-state index contributed by atoms with van der Waals surface area (Å²) < 4.78 is 1.93. The van der Waals surface area contributed by atoms with Crippen LogP contribution in [0.15, 0.2) is 30.3 Å². The molecule has 1 aromatic heterocycles. The minimum Gasteiger partial charge on any atom is -0.347 e. The number of nitrogens with zero attached hydrogens (tertiary/aromatic N) is 2. The largest absolute Gasteiger partial charge is 0.347 e. The molecule has 1 heterocycles. The van der Waals surface area contributed by atoms with Crippen LogP contribution < -0.4 is 10.6 Å². The van der Waals surface area contributed by atoms with Crippen LogP contribution in [0.3, 0.4) is 0 Å². The van der Waals surface area contributed by atoms with Crippen molar-refractivity contribution in [2.45, 2.75) is 65.5 Å². The summed E-state index contributed by atoms with van der Waals surface area (Å²) in [6.07, 6.45) is 1.95. The van der Waals surface area contributed by atoms with Crippen LogP contribution >= 0.6 is 0 Å². The Kier molecular flexibility index (Phi) is 5.59. The molecule has 150 valence electrons. The van der Waals surface area contributed by atoms with Gasteiger partial charge in [-0.1, -0.05) is 26.0 Å². The van der Waals surface area contributed by atoms with Gasteiger partial charge in [0, 0.05) is 23.8 Å². The van der Waals surface area contributed by atoms with Crippen molar-refractivity contribution < 1.29 is 9.59 Å². The molecule has 0 radical (unpaired) electrons. The van der Waals surface area contributed by atoms with Crippen molar-refractivity contribution in [3.8, 4) is 0 Å². The van der Waals surface area contributed by atoms with Gasteiger partial charge in [-0.3, -0.25) is 14.3 Å². The zero-order chi connectivity index (χ0) is 20.5. The second-order valence-electron chi connectivity index (χ2n) is 8.84. The van der Waals surface area contributed by atoms with Crippen LogP contribution in [0.5, 0.6) is 0 Å². The lowest BCUT2D eigenvalue weighted by molar-refractivity contribution is -0.117. The summed E-state index contributed by atoms with van der Waals surface area (Å²) in [6, 6.07) is 9.45. The first kappa shape index (κ1) is 20.1. The fourth-order valence-corrected chi connectivity index (χ4v) is 3.08. The van der Waals surface area contributed by atoms with E-state index in [0.29, 0.717) is 12.2 Å². The molecule has 0 saturated heterocycles. The minimum atomic E-state index is -0.197. The molecule has 6 nitrogen and oxygen atoms in total. The number of nitrogens with one attached hydrogen (secondary N) is 2. The Labute approximate surface area is 166 Å². The second kappa shape index (κ2) is 7.78. The number of aromatic nitrogens is 2. The SMILES string of the molecule is CC(C)c1cc(C(=O)NCc2cccc(NC(=O)C3CC3)c2)nn1C(C)(C)C. The average Bonchev–Trinajstić information content (AvgIpc) is 3.36. The summed E-state index contributed by atoms with van der Waals surface area (Å²) in [5.41, 5.74) is 2.98. The number of hydrogen-bond acceptors (Lipinski definition) is 3. The van der Waals surface area contributed by atoms with Gasteiger partial charge in [0.1, 0.15) is 5.69 Å². The minimum absolute atomic E-state index is 0.0788. The highest BCUT2D eigenvalue weighted by Gasteiger charge is 2.29. The van der Waals surface area contributed by atoms with E-state index in [0.717, 1.165) is 29.8 Å². The maximum atomic E-state index is 12.6. The normalized spacial score (nSPS) is 14.2. The molecule has 0 atom stereocenters. The molecule has 6 heteroatoms. The Morgan fingerprint density at radius 1 is 1.21 bits per heavy atom. The summed E-state index contributed by atoms with van der Waals surface area (Å²) >= 11 is 0. The predicted octanol–water partition coefficient (Wildman–Crippen LogP) is 4.04. The van der Waals surface area contributed by atoms with Crippen molar-refractivity contribution in [2.75, 3.05) is 5.32 Å². The molecule has 2 aromatic rings. The second-order valence-corrected chi connectivity index (χ2v) is 8.84. The third-order valence-electron chi connectivity index (χ3n) is 4.79. The highest BCUT2D eigenvalue weighted by Crippen LogP contribution is 2.30. The molecule has 28 heavy (non-hydrogen) atoms. The molecule has 3 rings (SSSR count). The van der Waals surface area contributed by atoms with E-state index in [1.807, 2.05) is 35.0 Å². The Balaban J connectivity index is 1.66. The van der Waals surface area contributed by atoms with Gasteiger partial charge in [0.05, 0.1) is 5.54 Å². The van der Waals surface area contributed by atoms with Gasteiger partial charge >= 0.3 is 0 Å². The molecule has 0 bridgehead atoms. The van der Waals surface area contributed by atoms with Gasteiger partial charge in [0.2, 0.25) is 5.91 Å². The van der Waals surface area contributed by atoms with Crippen LogP contribution in [-0.4, -0.2) is 21.6 Å². The van der Waals surface area contributed by atoms with Crippen molar-refractivity contribution in [2.24, 2.45) is 5.92 Å². The van der Waals surface area contributed by atoms with E-state index >= 15 is 0 Å². The van der Waals surface area contributed by atoms with Crippen LogP contribution in [0, 0.1) is 5.92 Å². The number of carbonyl (C=O) groups is 2. The molecule has 0 spiro atoms. The highest BCUT2D eigenvalue weighted by molar-refractivity contribution is 5.94. The Morgan fingerprint density at radius 3 is 2.50 bits per heavy atom. The van der Waals surface area contributed by atoms with Gasteiger partial charge in [-0.05, 0) is 63.3 Å². The van der Waals surface area contributed by atoms with Crippen molar-refractivity contribution >= 4 is 17.5 Å². The van der Waals surface area contributed by atoms with Crippen LogP contribution in [0.4, 0.5) is 5.69 Å². The average molecular weight is 383 g/mol. The van der Waals surface area contributed by atoms with Gasteiger partial charge in [0.25, 0.3) is 5.91 Å². The Hall–Kier alpha value is -2.63. The van der Waals surface area contributed by atoms with Crippen molar-refractivity contribution in [3.05, 3.63) is 47.3 Å². The van der Waals surface area contributed by atoms with E-state index in [4.69, 9.17) is 0 Å². The standard InChI is InChI=1S/C22H30N4O2/c1-14(2)19-12-18(25-26(19)22(3,4)5)21(28)23-13-15-7-6-8-17(11-15)24-20(27)16-9-10-16/h6-8,11-12,14,16H,9-10,13H2,1-5H3,(H,23,28)(H,24,27). The predicted molar refractivity (Wildman–Crippen MR) is 110 cm³/mol.